The zero-order valence-corrected chi connectivity index (χ0v) is 19.9. The van der Waals surface area contributed by atoms with Crippen LogP contribution in [-0.2, 0) is 4.79 Å². The number of nitrogens with zero attached hydrogens (tertiary/aromatic N) is 1. The molecule has 0 aromatic heterocycles. The van der Waals surface area contributed by atoms with E-state index in [-0.39, 0.29) is 12.1 Å². The van der Waals surface area contributed by atoms with Gasteiger partial charge in [-0.25, -0.2) is 0 Å². The summed E-state index contributed by atoms with van der Waals surface area (Å²) >= 11 is 0. The summed E-state index contributed by atoms with van der Waals surface area (Å²) in [5.41, 5.74) is 0. The molecule has 0 radical (unpaired) electrons. The molecule has 168 valence electrons. The van der Waals surface area contributed by atoms with Crippen molar-refractivity contribution in [2.24, 2.45) is 0 Å². The first kappa shape index (κ1) is 27.4. The Morgan fingerprint density at radius 3 is 1.29 bits per heavy atom. The summed E-state index contributed by atoms with van der Waals surface area (Å²) in [4.78, 5) is 13.8. The highest BCUT2D eigenvalue weighted by atomic mass is 16.1. The van der Waals surface area contributed by atoms with Crippen molar-refractivity contribution in [3.8, 4) is 0 Å². The minimum atomic E-state index is 0.128. The highest BCUT2D eigenvalue weighted by Gasteiger charge is 2.07. The number of hydrogen-bond donors (Lipinski definition) is 1. The molecular weight excluding hydrogens is 344 g/mol. The number of nitrogens with one attached hydrogen (secondary N) is 1. The van der Waals surface area contributed by atoms with Crippen LogP contribution in [0.25, 0.3) is 0 Å². The number of carbonyl (C=O) groups excluding carboxylic acids is 1. The Bertz CT molecular complexity index is 331. The topological polar surface area (TPSA) is 32.3 Å². The third-order valence-electron chi connectivity index (χ3n) is 5.90. The number of carbonyl (C=O) groups is 1. The number of hydrogen-bond acceptors (Lipinski definition) is 2. The monoisotopic (exact) mass is 396 g/mol. The van der Waals surface area contributed by atoms with Gasteiger partial charge in [0.1, 0.15) is 0 Å². The lowest BCUT2D eigenvalue weighted by Crippen LogP contribution is -2.42. The molecule has 0 aromatic rings. The summed E-state index contributed by atoms with van der Waals surface area (Å²) in [5, 5.41) is 3.02. The zero-order chi connectivity index (χ0) is 20.9. The normalized spacial score (nSPS) is 12.5. The van der Waals surface area contributed by atoms with E-state index in [0.717, 1.165) is 6.42 Å². The van der Waals surface area contributed by atoms with Crippen molar-refractivity contribution in [2.75, 3.05) is 14.1 Å². The van der Waals surface area contributed by atoms with Gasteiger partial charge in [0.25, 0.3) is 0 Å². The Kier molecular flexibility index (Phi) is 20.7. The van der Waals surface area contributed by atoms with E-state index in [9.17, 15) is 4.79 Å². The standard InChI is InChI=1S/C25H52N2O/c1-5-6-7-8-9-10-11-12-13-14-15-16-17-18-19-20-21-22-23-25(28)26-24(2)27(3)4/h24H,5-23H2,1-4H3,(H,26,28). The molecule has 0 bridgehead atoms. The van der Waals surface area contributed by atoms with Crippen LogP contribution in [0.15, 0.2) is 0 Å². The van der Waals surface area contributed by atoms with E-state index in [2.05, 4.69) is 12.2 Å². The maximum Gasteiger partial charge on any atom is 0.221 e. The lowest BCUT2D eigenvalue weighted by Gasteiger charge is -2.20. The molecule has 3 heteroatoms. The summed E-state index contributed by atoms with van der Waals surface area (Å²) in [7, 11) is 3.98. The summed E-state index contributed by atoms with van der Waals surface area (Å²) in [5.74, 6) is 0.192. The van der Waals surface area contributed by atoms with Gasteiger partial charge in [0.05, 0.1) is 6.17 Å². The molecule has 0 rings (SSSR count). The van der Waals surface area contributed by atoms with E-state index >= 15 is 0 Å². The van der Waals surface area contributed by atoms with Crippen molar-refractivity contribution in [3.05, 3.63) is 0 Å². The third-order valence-corrected chi connectivity index (χ3v) is 5.90. The van der Waals surface area contributed by atoms with E-state index in [1.54, 1.807) is 0 Å². The van der Waals surface area contributed by atoms with Gasteiger partial charge in [0.2, 0.25) is 5.91 Å². The van der Waals surface area contributed by atoms with Crippen LogP contribution >= 0.6 is 0 Å². The Morgan fingerprint density at radius 2 is 0.964 bits per heavy atom. The first-order valence-electron chi connectivity index (χ1n) is 12.5. The van der Waals surface area contributed by atoms with Crippen LogP contribution < -0.4 is 5.32 Å². The Morgan fingerprint density at radius 1 is 0.643 bits per heavy atom. The van der Waals surface area contributed by atoms with Gasteiger partial charge in [-0.1, -0.05) is 116 Å². The van der Waals surface area contributed by atoms with Crippen LogP contribution in [0.3, 0.4) is 0 Å². The summed E-state index contributed by atoms with van der Waals surface area (Å²) in [6.07, 6.45) is 25.7. The van der Waals surface area contributed by atoms with Crippen molar-refractivity contribution in [2.45, 2.75) is 142 Å². The molecular formula is C25H52N2O. The molecule has 3 nitrogen and oxygen atoms in total. The maximum atomic E-state index is 11.8. The fourth-order valence-electron chi connectivity index (χ4n) is 3.62. The van der Waals surface area contributed by atoms with Gasteiger partial charge in [0, 0.05) is 6.42 Å². The molecule has 0 aliphatic heterocycles. The molecule has 1 unspecified atom stereocenters. The first-order chi connectivity index (χ1) is 13.6. The molecule has 0 heterocycles. The minimum Gasteiger partial charge on any atom is -0.341 e. The lowest BCUT2D eigenvalue weighted by molar-refractivity contribution is -0.122. The molecule has 28 heavy (non-hydrogen) atoms. The number of unbranched alkanes of at least 4 members (excludes halogenated alkanes) is 17. The van der Waals surface area contributed by atoms with Gasteiger partial charge in [-0.2, -0.15) is 0 Å². The van der Waals surface area contributed by atoms with Crippen molar-refractivity contribution in [1.82, 2.24) is 10.2 Å². The van der Waals surface area contributed by atoms with E-state index < -0.39 is 0 Å². The summed E-state index contributed by atoms with van der Waals surface area (Å²) in [6, 6.07) is 0. The zero-order valence-electron chi connectivity index (χ0n) is 19.9. The number of amides is 1. The second-order valence-corrected chi connectivity index (χ2v) is 8.97. The molecule has 1 amide bonds. The van der Waals surface area contributed by atoms with E-state index in [1.807, 2.05) is 25.9 Å². The third kappa shape index (κ3) is 20.2. The second-order valence-electron chi connectivity index (χ2n) is 8.97. The first-order valence-corrected chi connectivity index (χ1v) is 12.5. The summed E-state index contributed by atoms with van der Waals surface area (Å²) < 4.78 is 0. The van der Waals surface area contributed by atoms with Gasteiger partial charge >= 0.3 is 0 Å². The molecule has 0 spiro atoms. The molecule has 1 N–H and O–H groups in total. The van der Waals surface area contributed by atoms with Crippen molar-refractivity contribution in [3.63, 3.8) is 0 Å². The molecule has 1 atom stereocenters. The van der Waals surface area contributed by atoms with E-state index in [4.69, 9.17) is 0 Å². The average Bonchev–Trinajstić information content (AvgIpc) is 2.66. The molecule has 0 aromatic carbocycles. The van der Waals surface area contributed by atoms with Crippen LogP contribution in [0, 0.1) is 0 Å². The minimum absolute atomic E-state index is 0.128. The van der Waals surface area contributed by atoms with Crippen LogP contribution in [0.1, 0.15) is 136 Å². The fraction of sp³-hybridized carbons (Fsp3) is 0.960. The molecule has 0 saturated heterocycles. The smallest absolute Gasteiger partial charge is 0.221 e. The fourth-order valence-corrected chi connectivity index (χ4v) is 3.62. The van der Waals surface area contributed by atoms with E-state index in [1.165, 1.54) is 109 Å². The quantitative estimate of drug-likeness (QED) is 0.161. The van der Waals surface area contributed by atoms with Gasteiger partial charge in [-0.3, -0.25) is 9.69 Å². The Hall–Kier alpha value is -0.570. The SMILES string of the molecule is CCCCCCCCCCCCCCCCCCCCC(=O)NC(C)N(C)C. The molecule has 0 fully saturated rings. The lowest BCUT2D eigenvalue weighted by atomic mass is 10.0. The Balaban J connectivity index is 3.15. The predicted molar refractivity (Wildman–Crippen MR) is 125 cm³/mol. The maximum absolute atomic E-state index is 11.8. The predicted octanol–water partition coefficient (Wildman–Crippen LogP) is 7.44. The molecule has 0 aliphatic carbocycles. The van der Waals surface area contributed by atoms with Crippen molar-refractivity contribution >= 4 is 5.91 Å². The highest BCUT2D eigenvalue weighted by Crippen LogP contribution is 2.14. The highest BCUT2D eigenvalue weighted by molar-refractivity contribution is 5.76. The van der Waals surface area contributed by atoms with Crippen molar-refractivity contribution < 1.29 is 4.79 Å². The average molecular weight is 397 g/mol. The van der Waals surface area contributed by atoms with Crippen LogP contribution in [0.2, 0.25) is 0 Å². The molecule has 0 aliphatic rings. The molecule has 0 saturated carbocycles. The second kappa shape index (κ2) is 21.1. The Labute approximate surface area is 177 Å². The van der Waals surface area contributed by atoms with Gasteiger partial charge in [-0.15, -0.1) is 0 Å². The largest absolute Gasteiger partial charge is 0.341 e. The van der Waals surface area contributed by atoms with E-state index in [0.29, 0.717) is 6.42 Å². The summed E-state index contributed by atoms with van der Waals surface area (Å²) in [6.45, 7) is 4.31. The van der Waals surface area contributed by atoms with Crippen LogP contribution in [0.4, 0.5) is 0 Å². The van der Waals surface area contributed by atoms with Crippen LogP contribution in [-0.4, -0.2) is 31.1 Å². The van der Waals surface area contributed by atoms with Crippen molar-refractivity contribution in [1.29, 1.82) is 0 Å². The number of rotatable bonds is 21. The van der Waals surface area contributed by atoms with Gasteiger partial charge in [-0.05, 0) is 27.4 Å². The van der Waals surface area contributed by atoms with Crippen LogP contribution in [0.5, 0.6) is 0 Å². The van der Waals surface area contributed by atoms with Gasteiger partial charge in [0.15, 0.2) is 0 Å². The van der Waals surface area contributed by atoms with Gasteiger partial charge < -0.3 is 5.32 Å².